The van der Waals surface area contributed by atoms with Crippen molar-refractivity contribution in [3.8, 4) is 5.69 Å². The smallest absolute Gasteiger partial charge is 0.409 e. The average molecular weight is 820 g/mol. The van der Waals surface area contributed by atoms with E-state index in [2.05, 4.69) is 150 Å². The maximum atomic E-state index is 4.92. The second-order valence-electron chi connectivity index (χ2n) is 15.4. The molecule has 0 fully saturated rings. The first kappa shape index (κ1) is 34.2. The summed E-state index contributed by atoms with van der Waals surface area (Å²) >= 11 is 0. The molecule has 6 aromatic rings. The molecule has 0 N–H and O–H groups in total. The molecule has 2 aromatic carbocycles. The number of aromatic nitrogens is 4. The quantitative estimate of drug-likeness (QED) is 0.142. The molecule has 46 heavy (non-hydrogen) atoms. The number of rotatable bonds is 5. The Hall–Kier alpha value is -3.19. The van der Waals surface area contributed by atoms with Crippen molar-refractivity contribution in [1.82, 2.24) is 19.5 Å². The van der Waals surface area contributed by atoms with Crippen LogP contribution in [0.5, 0.6) is 0 Å². The summed E-state index contributed by atoms with van der Waals surface area (Å²) in [7, 11) is -4.34. The number of pyridine rings is 3. The summed E-state index contributed by atoms with van der Waals surface area (Å²) in [6.07, 6.45) is 7.68. The van der Waals surface area contributed by atoms with Gasteiger partial charge in [-0.2, -0.15) is 12.1 Å². The Kier molecular flexibility index (Phi) is 9.00. The van der Waals surface area contributed by atoms with Crippen LogP contribution in [0.3, 0.4) is 0 Å². The topological polar surface area (TPSA) is 43.6 Å². The molecule has 238 valence electrons. The van der Waals surface area contributed by atoms with E-state index in [-0.39, 0.29) is 31.9 Å². The summed E-state index contributed by atoms with van der Waals surface area (Å²) in [5, 5.41) is 7.08. The van der Waals surface area contributed by atoms with E-state index in [4.69, 9.17) is 9.97 Å². The first-order chi connectivity index (χ1) is 21.1. The van der Waals surface area contributed by atoms with Gasteiger partial charge in [-0.1, -0.05) is 78.8 Å². The molecule has 6 rings (SSSR count). The van der Waals surface area contributed by atoms with Crippen LogP contribution in [0.4, 0.5) is 0 Å². The second-order valence-corrected chi connectivity index (χ2v) is 24.0. The molecule has 4 aromatic heterocycles. The van der Waals surface area contributed by atoms with Crippen molar-refractivity contribution in [3.63, 3.8) is 0 Å². The van der Waals surface area contributed by atoms with E-state index in [0.717, 1.165) is 27.5 Å². The van der Waals surface area contributed by atoms with Gasteiger partial charge in [0.25, 0.3) is 0 Å². The Morgan fingerprint density at radius 2 is 0.978 bits per heavy atom. The maximum absolute atomic E-state index is 4.92. The fraction of sp³-hybridized carbons (Fsp3) is 0.308. The van der Waals surface area contributed by atoms with Gasteiger partial charge in [0.05, 0.1) is 0 Å². The van der Waals surface area contributed by atoms with Gasteiger partial charge in [-0.15, -0.1) is 34.6 Å². The first-order valence-electron chi connectivity index (χ1n) is 15.9. The van der Waals surface area contributed by atoms with Crippen LogP contribution in [0.15, 0.2) is 85.5 Å². The minimum Gasteiger partial charge on any atom is -0.409 e. The number of nitrogens with zero attached hydrogens (tertiary/aromatic N) is 4. The molecule has 0 radical (unpaired) electrons. The normalized spacial score (nSPS) is 12.8. The zero-order chi connectivity index (χ0) is 32.4. The van der Waals surface area contributed by atoms with Crippen molar-refractivity contribution in [1.29, 1.82) is 0 Å². The van der Waals surface area contributed by atoms with E-state index in [1.807, 2.05) is 24.8 Å². The largest absolute Gasteiger partial charge is 2.00 e. The van der Waals surface area contributed by atoms with Gasteiger partial charge in [-0.25, -0.2) is 10.8 Å². The molecule has 0 saturated heterocycles. The van der Waals surface area contributed by atoms with E-state index < -0.39 is 16.1 Å². The maximum Gasteiger partial charge on any atom is 2.00 e. The predicted molar refractivity (Wildman–Crippen MR) is 196 cm³/mol. The standard InChI is InChI=1S/C39H44N4Si2.Pt/c1-38(2,3)27-15-21-41-36(23-27)44(7,8)30-11-13-34-32(25-30)33-26-31(12-14-35(33)43(34)29-17-19-40-20-18-29)45(9,10)37-24-28(16-22-42-37)39(4,5)6;/h11-24H,1-10H3;/q-2;+2. The number of hydrogen-bond donors (Lipinski definition) is 0. The van der Waals surface area contributed by atoms with Gasteiger partial charge < -0.3 is 4.57 Å². The van der Waals surface area contributed by atoms with Crippen LogP contribution < -0.4 is 21.0 Å². The first-order valence-corrected chi connectivity index (χ1v) is 21.9. The van der Waals surface area contributed by atoms with Gasteiger partial charge >= 0.3 is 21.1 Å². The van der Waals surface area contributed by atoms with E-state index >= 15 is 0 Å². The van der Waals surface area contributed by atoms with E-state index in [0.29, 0.717) is 0 Å². The average Bonchev–Trinajstić information content (AvgIpc) is 3.34. The molecule has 0 aliphatic rings. The summed E-state index contributed by atoms with van der Waals surface area (Å²) < 4.78 is 2.33. The molecule has 0 atom stereocenters. The third-order valence-corrected chi connectivity index (χ3v) is 15.8. The van der Waals surface area contributed by atoms with Gasteiger partial charge in [0.15, 0.2) is 0 Å². The molecular formula is C39H44N4PtSi2. The molecule has 0 bridgehead atoms. The molecule has 4 nitrogen and oxygen atoms in total. The van der Waals surface area contributed by atoms with Crippen LogP contribution >= 0.6 is 0 Å². The molecule has 0 aliphatic carbocycles. The third-order valence-electron chi connectivity index (χ3n) is 9.38. The Balaban J connectivity index is 0.00000417. The van der Waals surface area contributed by atoms with Crippen molar-refractivity contribution in [2.45, 2.75) is 78.6 Å². The van der Waals surface area contributed by atoms with E-state index in [9.17, 15) is 0 Å². The van der Waals surface area contributed by atoms with E-state index in [1.54, 1.807) is 0 Å². The Morgan fingerprint density at radius 1 is 0.565 bits per heavy atom. The monoisotopic (exact) mass is 819 g/mol. The van der Waals surface area contributed by atoms with Crippen molar-refractivity contribution >= 4 is 59.0 Å². The molecule has 0 saturated carbocycles. The fourth-order valence-corrected chi connectivity index (χ4v) is 10.4. The van der Waals surface area contributed by atoms with Crippen LogP contribution in [0, 0.1) is 12.1 Å². The minimum atomic E-state index is -2.17. The summed E-state index contributed by atoms with van der Waals surface area (Å²) in [5.41, 5.74) is 6.10. The molecule has 7 heteroatoms. The number of benzene rings is 2. The molecule has 0 spiro atoms. The van der Waals surface area contributed by atoms with Crippen LogP contribution in [0.2, 0.25) is 26.2 Å². The summed E-state index contributed by atoms with van der Waals surface area (Å²) in [6.45, 7) is 23.1. The van der Waals surface area contributed by atoms with Crippen LogP contribution in [0.25, 0.3) is 27.5 Å². The van der Waals surface area contributed by atoms with Gasteiger partial charge in [-0.3, -0.25) is 15.0 Å². The molecule has 4 heterocycles. The SMILES string of the molecule is CC(C)(C)c1ccnc([Si](C)(C)c2[c-]c3c4[c-]c([Si](C)(C)c5cc(C(C)(C)C)ccn5)ccc4n(-c4ccncc4)c3cc2)c1.[Pt+2]. The zero-order valence-corrected chi connectivity index (χ0v) is 33.0. The van der Waals surface area contributed by atoms with Gasteiger partial charge in [0, 0.05) is 41.1 Å². The van der Waals surface area contributed by atoms with Crippen LogP contribution in [-0.2, 0) is 31.9 Å². The predicted octanol–water partition coefficient (Wildman–Crippen LogP) is 6.81. The summed E-state index contributed by atoms with van der Waals surface area (Å²) in [5.74, 6) is 0. The minimum absolute atomic E-state index is 0. The number of hydrogen-bond acceptors (Lipinski definition) is 3. The van der Waals surface area contributed by atoms with Crippen LogP contribution in [0.1, 0.15) is 52.7 Å². The third kappa shape index (κ3) is 6.12. The molecule has 0 unspecified atom stereocenters. The molecule has 0 amide bonds. The van der Waals surface area contributed by atoms with Crippen molar-refractivity contribution in [3.05, 3.63) is 109 Å². The van der Waals surface area contributed by atoms with Gasteiger partial charge in [-0.05, 0) is 58.4 Å². The van der Waals surface area contributed by atoms with Gasteiger partial charge in [0.2, 0.25) is 0 Å². The Bertz CT molecular complexity index is 1910. The van der Waals surface area contributed by atoms with E-state index in [1.165, 1.54) is 32.1 Å². The summed E-state index contributed by atoms with van der Waals surface area (Å²) in [6, 6.07) is 30.1. The van der Waals surface area contributed by atoms with Crippen LogP contribution in [-0.4, -0.2) is 35.7 Å². The van der Waals surface area contributed by atoms with Crippen molar-refractivity contribution < 1.29 is 21.1 Å². The molecule has 0 aliphatic heterocycles. The second kappa shape index (κ2) is 12.1. The Labute approximate surface area is 291 Å². The molecular weight excluding hydrogens is 776 g/mol. The Morgan fingerprint density at radius 3 is 1.37 bits per heavy atom. The zero-order valence-electron chi connectivity index (χ0n) is 28.7. The summed E-state index contributed by atoms with van der Waals surface area (Å²) in [4.78, 5) is 14.1. The van der Waals surface area contributed by atoms with Crippen molar-refractivity contribution in [2.75, 3.05) is 0 Å². The van der Waals surface area contributed by atoms with Gasteiger partial charge in [0.1, 0.15) is 16.1 Å². The number of fused-ring (bicyclic) bond motifs is 3. The fourth-order valence-electron chi connectivity index (χ4n) is 6.11. The van der Waals surface area contributed by atoms with Crippen molar-refractivity contribution in [2.24, 2.45) is 0 Å².